The summed E-state index contributed by atoms with van der Waals surface area (Å²) in [4.78, 5) is 27.9. The Morgan fingerprint density at radius 3 is 2.28 bits per heavy atom. The van der Waals surface area contributed by atoms with Gasteiger partial charge in [-0.15, -0.1) is 0 Å². The Morgan fingerprint density at radius 1 is 0.953 bits per heavy atom. The maximum atomic E-state index is 13.0. The maximum absolute atomic E-state index is 13.0. The van der Waals surface area contributed by atoms with Crippen molar-refractivity contribution >= 4 is 17.6 Å². The number of hydrogen-bond donors (Lipinski definition) is 2. The van der Waals surface area contributed by atoms with Gasteiger partial charge in [-0.25, -0.2) is 0 Å². The van der Waals surface area contributed by atoms with E-state index in [0.717, 1.165) is 36.1 Å². The zero-order chi connectivity index (χ0) is 30.6. The summed E-state index contributed by atoms with van der Waals surface area (Å²) < 4.78 is 18.9. The Kier molecular flexibility index (Phi) is 9.62. The van der Waals surface area contributed by atoms with E-state index < -0.39 is 11.9 Å². The first-order valence-corrected chi connectivity index (χ1v) is 15.0. The molecule has 2 fully saturated rings. The Morgan fingerprint density at radius 2 is 1.63 bits per heavy atom. The van der Waals surface area contributed by atoms with E-state index in [0.29, 0.717) is 17.8 Å². The molecule has 0 aliphatic carbocycles. The van der Waals surface area contributed by atoms with Crippen molar-refractivity contribution in [3.8, 4) is 0 Å². The molecule has 228 valence electrons. The highest BCUT2D eigenvalue weighted by molar-refractivity contribution is 6.04. The van der Waals surface area contributed by atoms with Gasteiger partial charge in [0.2, 0.25) is 0 Å². The van der Waals surface area contributed by atoms with Gasteiger partial charge in [-0.05, 0) is 75.5 Å². The Labute approximate surface area is 254 Å². The summed E-state index contributed by atoms with van der Waals surface area (Å²) in [6.07, 6.45) is 0.550. The quantitative estimate of drug-likeness (QED) is 0.311. The summed E-state index contributed by atoms with van der Waals surface area (Å²) in [5, 5.41) is 12.5. The lowest BCUT2D eigenvalue weighted by molar-refractivity contribution is -0.276. The van der Waals surface area contributed by atoms with Crippen molar-refractivity contribution in [1.82, 2.24) is 4.90 Å². The van der Waals surface area contributed by atoms with Crippen LogP contribution in [0, 0.1) is 5.92 Å². The van der Waals surface area contributed by atoms with Gasteiger partial charge in [0, 0.05) is 29.3 Å². The minimum Gasteiger partial charge on any atom is -0.459 e. The normalized spacial score (nSPS) is 24.4. The second-order valence-corrected chi connectivity index (χ2v) is 12.5. The molecule has 3 aromatic carbocycles. The van der Waals surface area contributed by atoms with E-state index in [-0.39, 0.29) is 42.7 Å². The van der Waals surface area contributed by atoms with E-state index in [4.69, 9.17) is 14.2 Å². The molecule has 5 rings (SSSR count). The first-order valence-electron chi connectivity index (χ1n) is 15.0. The fraction of sp³-hybridized carbons (Fsp3) is 0.429. The number of carbonyl (C=O) groups excluding carboxylic acids is 2. The number of nitrogens with one attached hydrogen (secondary N) is 1. The third-order valence-corrected chi connectivity index (χ3v) is 8.06. The highest BCUT2D eigenvalue weighted by atomic mass is 16.7. The Balaban J connectivity index is 1.35. The average molecular weight is 587 g/mol. The number of amides is 1. The predicted molar refractivity (Wildman–Crippen MR) is 164 cm³/mol. The van der Waals surface area contributed by atoms with Gasteiger partial charge < -0.3 is 24.6 Å². The van der Waals surface area contributed by atoms with Crippen molar-refractivity contribution in [3.63, 3.8) is 0 Å². The zero-order valence-electron chi connectivity index (χ0n) is 25.4. The monoisotopic (exact) mass is 586 g/mol. The lowest BCUT2D eigenvalue weighted by Crippen LogP contribution is -2.48. The number of hydrogen-bond acceptors (Lipinski definition) is 7. The van der Waals surface area contributed by atoms with Gasteiger partial charge in [0.25, 0.3) is 5.91 Å². The SMILES string of the molecule is C[C@H]1[C@@H](CN2CCC[C@H]2C(=O)OC(C)(C)C)O[C@@H](c2ccc(NC(=O)c3ccccc3)cc2)O[C@H]1c1ccc(CO)cc1. The number of aliphatic hydroxyl groups excluding tert-OH is 1. The number of ether oxygens (including phenoxy) is 3. The van der Waals surface area contributed by atoms with Crippen LogP contribution in [0.3, 0.4) is 0 Å². The van der Waals surface area contributed by atoms with Crippen LogP contribution in [0.1, 0.15) is 80.0 Å². The van der Waals surface area contributed by atoms with Crippen LogP contribution in [0.15, 0.2) is 78.9 Å². The minimum absolute atomic E-state index is 0.0134. The molecule has 2 N–H and O–H groups in total. The number of rotatable bonds is 8. The van der Waals surface area contributed by atoms with E-state index in [9.17, 15) is 14.7 Å². The number of likely N-dealkylation sites (tertiary alicyclic amines) is 1. The van der Waals surface area contributed by atoms with Crippen LogP contribution in [0.4, 0.5) is 5.69 Å². The molecule has 0 unspecified atom stereocenters. The van der Waals surface area contributed by atoms with Crippen LogP contribution in [0.25, 0.3) is 0 Å². The van der Waals surface area contributed by atoms with Crippen LogP contribution in [-0.2, 0) is 25.6 Å². The fourth-order valence-electron chi connectivity index (χ4n) is 5.76. The van der Waals surface area contributed by atoms with Crippen molar-refractivity contribution in [2.75, 3.05) is 18.4 Å². The molecular formula is C35H42N2O6. The first-order chi connectivity index (χ1) is 20.6. The Bertz CT molecular complexity index is 1370. The van der Waals surface area contributed by atoms with E-state index in [2.05, 4.69) is 17.1 Å². The highest BCUT2D eigenvalue weighted by Gasteiger charge is 2.42. The molecular weight excluding hydrogens is 544 g/mol. The number of carbonyl (C=O) groups is 2. The van der Waals surface area contributed by atoms with Crippen molar-refractivity contribution in [2.24, 2.45) is 5.92 Å². The molecule has 8 nitrogen and oxygen atoms in total. The predicted octanol–water partition coefficient (Wildman–Crippen LogP) is 6.03. The second-order valence-electron chi connectivity index (χ2n) is 12.5. The molecule has 1 amide bonds. The molecule has 0 spiro atoms. The summed E-state index contributed by atoms with van der Waals surface area (Å²) >= 11 is 0. The molecule has 2 saturated heterocycles. The number of nitrogens with zero attached hydrogens (tertiary/aromatic N) is 1. The van der Waals surface area contributed by atoms with Crippen LogP contribution in [0.2, 0.25) is 0 Å². The van der Waals surface area contributed by atoms with Crippen molar-refractivity contribution < 1.29 is 28.9 Å². The van der Waals surface area contributed by atoms with E-state index in [1.54, 1.807) is 12.1 Å². The van der Waals surface area contributed by atoms with Crippen molar-refractivity contribution in [3.05, 3.63) is 101 Å². The van der Waals surface area contributed by atoms with E-state index in [1.165, 1.54) is 0 Å². The van der Waals surface area contributed by atoms with Gasteiger partial charge in [0.1, 0.15) is 11.6 Å². The summed E-state index contributed by atoms with van der Waals surface area (Å²) in [7, 11) is 0. The molecule has 8 heteroatoms. The van der Waals surface area contributed by atoms with Gasteiger partial charge in [-0.2, -0.15) is 0 Å². The summed E-state index contributed by atoms with van der Waals surface area (Å²) in [5.74, 6) is -0.380. The molecule has 2 aliphatic heterocycles. The molecule has 0 saturated carbocycles. The molecule has 5 atom stereocenters. The third kappa shape index (κ3) is 7.70. The highest BCUT2D eigenvalue weighted by Crippen LogP contribution is 2.42. The van der Waals surface area contributed by atoms with Gasteiger partial charge >= 0.3 is 5.97 Å². The summed E-state index contributed by atoms with van der Waals surface area (Å²) in [6.45, 7) is 9.14. The molecule has 43 heavy (non-hydrogen) atoms. The fourth-order valence-corrected chi connectivity index (χ4v) is 5.76. The number of anilines is 1. The third-order valence-electron chi connectivity index (χ3n) is 8.06. The zero-order valence-corrected chi connectivity index (χ0v) is 25.4. The number of aliphatic hydroxyl groups is 1. The van der Waals surface area contributed by atoms with Gasteiger partial charge in [-0.1, -0.05) is 61.5 Å². The standard InChI is InChI=1S/C35H42N2O6/c1-23-30(21-37-20-8-11-29(37)33(40)43-35(2,3)4)41-34(42-31(23)25-14-12-24(22-38)13-15-25)27-16-18-28(19-17-27)36-32(39)26-9-6-5-7-10-26/h5-7,9-10,12-19,23,29-31,34,38H,8,11,20-22H2,1-4H3,(H,36,39)/t23-,29-,30+,31+,34+/m0/s1. The van der Waals surface area contributed by atoms with E-state index in [1.807, 2.05) is 87.5 Å². The van der Waals surface area contributed by atoms with Crippen LogP contribution in [0.5, 0.6) is 0 Å². The van der Waals surface area contributed by atoms with Gasteiger partial charge in [0.15, 0.2) is 6.29 Å². The molecule has 0 radical (unpaired) electrons. The minimum atomic E-state index is -0.648. The van der Waals surface area contributed by atoms with Crippen LogP contribution in [-0.4, -0.2) is 52.7 Å². The molecule has 0 aromatic heterocycles. The summed E-state index contributed by atoms with van der Waals surface area (Å²) in [5.41, 5.74) is 3.38. The van der Waals surface area contributed by atoms with Crippen molar-refractivity contribution in [1.29, 1.82) is 0 Å². The Hall–Kier alpha value is -3.56. The second kappa shape index (κ2) is 13.4. The van der Waals surface area contributed by atoms with Gasteiger partial charge in [0.05, 0.1) is 18.8 Å². The number of benzene rings is 3. The molecule has 0 bridgehead atoms. The molecule has 2 heterocycles. The first kappa shape index (κ1) is 30.9. The van der Waals surface area contributed by atoms with Crippen molar-refractivity contribution in [2.45, 2.75) is 77.3 Å². The lowest BCUT2D eigenvalue weighted by atomic mass is 9.90. The average Bonchev–Trinajstić information content (AvgIpc) is 3.47. The summed E-state index contributed by atoms with van der Waals surface area (Å²) in [6, 6.07) is 24.1. The molecule has 3 aromatic rings. The van der Waals surface area contributed by atoms with Crippen LogP contribution < -0.4 is 5.32 Å². The van der Waals surface area contributed by atoms with E-state index >= 15 is 0 Å². The smallest absolute Gasteiger partial charge is 0.323 e. The van der Waals surface area contributed by atoms with Crippen LogP contribution >= 0.6 is 0 Å². The lowest BCUT2D eigenvalue weighted by Gasteiger charge is -2.43. The molecule has 2 aliphatic rings. The largest absolute Gasteiger partial charge is 0.459 e. The number of esters is 1. The van der Waals surface area contributed by atoms with Gasteiger partial charge in [-0.3, -0.25) is 14.5 Å². The maximum Gasteiger partial charge on any atom is 0.323 e. The topological polar surface area (TPSA) is 97.3 Å².